The molecule has 0 aliphatic carbocycles. The Morgan fingerprint density at radius 3 is 2.73 bits per heavy atom. The number of nitrogens with zero attached hydrogens (tertiary/aromatic N) is 5. The fourth-order valence-electron chi connectivity index (χ4n) is 3.49. The van der Waals surface area contributed by atoms with Gasteiger partial charge in [-0.15, -0.1) is 6.42 Å². The van der Waals surface area contributed by atoms with Gasteiger partial charge in [0, 0.05) is 43.5 Å². The largest absolute Gasteiger partial charge is 0.359 e. The van der Waals surface area contributed by atoms with Gasteiger partial charge in [-0.2, -0.15) is 15.1 Å². The van der Waals surface area contributed by atoms with Crippen LogP contribution in [0.3, 0.4) is 0 Å². The van der Waals surface area contributed by atoms with Crippen LogP contribution in [0, 0.1) is 12.3 Å². The van der Waals surface area contributed by atoms with Gasteiger partial charge in [-0.25, -0.2) is 0 Å². The first kappa shape index (κ1) is 22.6. The fourth-order valence-corrected chi connectivity index (χ4v) is 3.49. The molecule has 1 aliphatic heterocycles. The van der Waals surface area contributed by atoms with E-state index in [1.54, 1.807) is 0 Å². The van der Waals surface area contributed by atoms with Gasteiger partial charge in [-0.3, -0.25) is 5.10 Å². The summed E-state index contributed by atoms with van der Waals surface area (Å²) in [7, 11) is 0. The number of hydrogen-bond acceptors (Lipinski definition) is 9. The quantitative estimate of drug-likeness (QED) is 0.384. The average Bonchev–Trinajstić information content (AvgIpc) is 3.48. The van der Waals surface area contributed by atoms with Crippen LogP contribution in [0.2, 0.25) is 0 Å². The molecule has 0 bridgehead atoms. The van der Waals surface area contributed by atoms with Gasteiger partial charge >= 0.3 is 0 Å². The van der Waals surface area contributed by atoms with E-state index in [9.17, 15) is 0 Å². The molecule has 1 fully saturated rings. The molecule has 174 valence electrons. The van der Waals surface area contributed by atoms with Gasteiger partial charge < -0.3 is 25.4 Å². The number of hydrogen-bond donors (Lipinski definition) is 4. The van der Waals surface area contributed by atoms with E-state index < -0.39 is 0 Å². The van der Waals surface area contributed by atoms with Crippen molar-refractivity contribution < 1.29 is 4.52 Å². The Bertz CT molecular complexity index is 1110. The zero-order valence-electron chi connectivity index (χ0n) is 19.5. The molecule has 0 saturated carbocycles. The number of nitrogens with one attached hydrogen (secondary N) is 4. The van der Waals surface area contributed by atoms with E-state index in [1.165, 1.54) is 0 Å². The van der Waals surface area contributed by atoms with Gasteiger partial charge in [0.15, 0.2) is 11.6 Å². The first-order valence-electron chi connectivity index (χ1n) is 11.3. The lowest BCUT2D eigenvalue weighted by molar-refractivity contribution is 0.379. The Balaban J connectivity index is 1.56. The van der Waals surface area contributed by atoms with Gasteiger partial charge in [-0.05, 0) is 11.8 Å². The monoisotopic (exact) mass is 449 g/mol. The molecule has 33 heavy (non-hydrogen) atoms. The van der Waals surface area contributed by atoms with Crippen molar-refractivity contribution in [3.8, 4) is 12.3 Å². The highest BCUT2D eigenvalue weighted by Gasteiger charge is 2.20. The minimum absolute atomic E-state index is 0.0230. The molecule has 1 atom stereocenters. The summed E-state index contributed by atoms with van der Waals surface area (Å²) in [5.41, 5.74) is 1.97. The predicted molar refractivity (Wildman–Crippen MR) is 129 cm³/mol. The third-order valence-corrected chi connectivity index (χ3v) is 5.48. The number of H-pyrrole nitrogens is 1. The average molecular weight is 450 g/mol. The number of aromatic nitrogens is 5. The maximum Gasteiger partial charge on any atom is 0.227 e. The van der Waals surface area contributed by atoms with E-state index in [0.29, 0.717) is 42.5 Å². The normalized spacial score (nSPS) is 16.3. The minimum atomic E-state index is -0.0230. The Morgan fingerprint density at radius 1 is 1.18 bits per heavy atom. The maximum atomic E-state index is 5.64. The molecule has 0 amide bonds. The molecule has 0 spiro atoms. The molecule has 1 aliphatic rings. The lowest BCUT2D eigenvalue weighted by atomic mass is 10.1. The fraction of sp³-hybridized carbons (Fsp3) is 0.478. The van der Waals surface area contributed by atoms with Crippen LogP contribution in [0.5, 0.6) is 0 Å². The van der Waals surface area contributed by atoms with Crippen molar-refractivity contribution in [3.05, 3.63) is 35.3 Å². The molecule has 3 aromatic rings. The smallest absolute Gasteiger partial charge is 0.227 e. The summed E-state index contributed by atoms with van der Waals surface area (Å²) in [5, 5.41) is 21.4. The summed E-state index contributed by atoms with van der Waals surface area (Å²) < 4.78 is 5.44. The highest BCUT2D eigenvalue weighted by molar-refractivity contribution is 5.60. The lowest BCUT2D eigenvalue weighted by Gasteiger charge is -2.32. The molecular formula is C23H31N9O. The molecule has 10 heteroatoms. The van der Waals surface area contributed by atoms with Gasteiger partial charge in [0.1, 0.15) is 11.6 Å². The Labute approximate surface area is 193 Å². The highest BCUT2D eigenvalue weighted by atomic mass is 16.5. The van der Waals surface area contributed by atoms with Crippen molar-refractivity contribution >= 4 is 23.4 Å². The highest BCUT2D eigenvalue weighted by Crippen LogP contribution is 2.24. The first-order chi connectivity index (χ1) is 15.9. The van der Waals surface area contributed by atoms with Crippen LogP contribution < -0.4 is 20.9 Å². The van der Waals surface area contributed by atoms with Crippen molar-refractivity contribution in [2.24, 2.45) is 0 Å². The zero-order chi connectivity index (χ0) is 23.4. The summed E-state index contributed by atoms with van der Waals surface area (Å²) in [6.07, 6.45) is 5.64. The summed E-state index contributed by atoms with van der Waals surface area (Å²) in [6.45, 7) is 11.1. The molecule has 10 nitrogen and oxygen atoms in total. The minimum Gasteiger partial charge on any atom is -0.359 e. The van der Waals surface area contributed by atoms with Crippen LogP contribution in [0.1, 0.15) is 56.7 Å². The van der Waals surface area contributed by atoms with Crippen molar-refractivity contribution in [1.29, 1.82) is 0 Å². The molecule has 3 aromatic heterocycles. The van der Waals surface area contributed by atoms with E-state index in [0.717, 1.165) is 36.1 Å². The second-order valence-corrected chi connectivity index (χ2v) is 8.77. The number of terminal acetylenes is 1. The summed E-state index contributed by atoms with van der Waals surface area (Å²) in [6, 6.07) is 5.83. The van der Waals surface area contributed by atoms with Gasteiger partial charge in [-0.1, -0.05) is 38.8 Å². The molecule has 4 N–H and O–H groups in total. The molecule has 1 saturated heterocycles. The first-order valence-corrected chi connectivity index (χ1v) is 11.3. The van der Waals surface area contributed by atoms with Crippen molar-refractivity contribution in [1.82, 2.24) is 30.6 Å². The van der Waals surface area contributed by atoms with Gasteiger partial charge in [0.05, 0.1) is 18.3 Å². The molecule has 0 unspecified atom stereocenters. The van der Waals surface area contributed by atoms with Crippen LogP contribution in [-0.2, 0) is 6.54 Å². The zero-order valence-corrected chi connectivity index (χ0v) is 19.5. The third kappa shape index (κ3) is 5.62. The Hall–Kier alpha value is -3.58. The van der Waals surface area contributed by atoms with E-state index in [4.69, 9.17) is 15.9 Å². The molecule has 4 heterocycles. The van der Waals surface area contributed by atoms with Gasteiger partial charge in [0.25, 0.3) is 0 Å². The standard InChI is InChI=1S/C23H31N9O/c1-6-16-13-32(8-7-24-16)22-11-20(26-21-10-18(14(2)3)29-30-21)27-23(28-22)25-12-17-9-19(15(4)5)31-33-17/h1,9-11,14-16,24H,7-8,12-13H2,2-5H3,(H3,25,26,27,28,29,30)/t16-/m0/s1. The predicted octanol–water partition coefficient (Wildman–Crippen LogP) is 3.20. The van der Waals surface area contributed by atoms with Crippen molar-refractivity contribution in [3.63, 3.8) is 0 Å². The second kappa shape index (κ2) is 9.92. The van der Waals surface area contributed by atoms with Crippen molar-refractivity contribution in [2.75, 3.05) is 35.2 Å². The molecule has 0 aromatic carbocycles. The van der Waals surface area contributed by atoms with E-state index in [-0.39, 0.29) is 6.04 Å². The molecular weight excluding hydrogens is 418 g/mol. The van der Waals surface area contributed by atoms with Gasteiger partial charge in [0.2, 0.25) is 5.95 Å². The topological polar surface area (TPSA) is 120 Å². The number of aromatic amines is 1. The van der Waals surface area contributed by atoms with Crippen LogP contribution in [0.25, 0.3) is 0 Å². The van der Waals surface area contributed by atoms with Crippen LogP contribution in [0.15, 0.2) is 22.7 Å². The lowest BCUT2D eigenvalue weighted by Crippen LogP contribution is -2.50. The molecule has 4 rings (SSSR count). The number of piperazine rings is 1. The number of anilines is 4. The number of rotatable bonds is 8. The summed E-state index contributed by atoms with van der Waals surface area (Å²) in [5.74, 6) is 6.78. The van der Waals surface area contributed by atoms with Crippen LogP contribution >= 0.6 is 0 Å². The SMILES string of the molecule is C#C[C@H]1CN(c2cc(Nc3cc(C(C)C)[nH]n3)nc(NCc3cc(C(C)C)no3)n2)CCN1. The Kier molecular flexibility index (Phi) is 6.79. The van der Waals surface area contributed by atoms with Crippen LogP contribution in [-0.4, -0.2) is 51.0 Å². The third-order valence-electron chi connectivity index (χ3n) is 5.48. The van der Waals surface area contributed by atoms with E-state index in [1.807, 2.05) is 18.2 Å². The second-order valence-electron chi connectivity index (χ2n) is 8.77. The van der Waals surface area contributed by atoms with Crippen molar-refractivity contribution in [2.45, 2.75) is 52.1 Å². The Morgan fingerprint density at radius 2 is 2.03 bits per heavy atom. The van der Waals surface area contributed by atoms with E-state index >= 15 is 0 Å². The summed E-state index contributed by atoms with van der Waals surface area (Å²) in [4.78, 5) is 11.5. The maximum absolute atomic E-state index is 5.64. The van der Waals surface area contributed by atoms with E-state index in [2.05, 4.69) is 74.8 Å². The molecule has 0 radical (unpaired) electrons. The summed E-state index contributed by atoms with van der Waals surface area (Å²) >= 11 is 0. The van der Waals surface area contributed by atoms with Crippen LogP contribution in [0.4, 0.5) is 23.4 Å².